The number of nitrogens with zero attached hydrogens (tertiary/aromatic N) is 2. The summed E-state index contributed by atoms with van der Waals surface area (Å²) in [6.45, 7) is 1.15. The van der Waals surface area contributed by atoms with Gasteiger partial charge < -0.3 is 15.5 Å². The van der Waals surface area contributed by atoms with Crippen molar-refractivity contribution in [1.29, 1.82) is 0 Å². The van der Waals surface area contributed by atoms with Crippen LogP contribution in [0.1, 0.15) is 17.5 Å². The lowest BCUT2D eigenvalue weighted by atomic mass is 9.73. The van der Waals surface area contributed by atoms with E-state index < -0.39 is 5.41 Å². The third-order valence-electron chi connectivity index (χ3n) is 5.56. The van der Waals surface area contributed by atoms with Crippen molar-refractivity contribution in [2.45, 2.75) is 24.3 Å². The van der Waals surface area contributed by atoms with Crippen molar-refractivity contribution in [2.75, 3.05) is 25.0 Å². The maximum Gasteiger partial charge on any atom is 0.238 e. The molecule has 1 saturated heterocycles. The summed E-state index contributed by atoms with van der Waals surface area (Å²) in [5.74, 6) is -0.0122. The molecular formula is C21H23N3O2. The van der Waals surface area contributed by atoms with Crippen LogP contribution >= 0.6 is 0 Å². The molecule has 0 aromatic heterocycles. The first-order chi connectivity index (χ1) is 12.5. The highest BCUT2D eigenvalue weighted by molar-refractivity contribution is 6.10. The summed E-state index contributed by atoms with van der Waals surface area (Å²) in [7, 11) is 1.79. The van der Waals surface area contributed by atoms with Crippen molar-refractivity contribution >= 4 is 17.5 Å². The molecule has 2 amide bonds. The van der Waals surface area contributed by atoms with Crippen LogP contribution in [0.2, 0.25) is 0 Å². The lowest BCUT2D eigenvalue weighted by Crippen LogP contribution is -2.59. The Balaban J connectivity index is 1.75. The van der Waals surface area contributed by atoms with Crippen molar-refractivity contribution in [3.8, 4) is 0 Å². The summed E-state index contributed by atoms with van der Waals surface area (Å²) >= 11 is 0. The average Bonchev–Trinajstić information content (AvgIpc) is 2.83. The van der Waals surface area contributed by atoms with Crippen molar-refractivity contribution in [3.05, 3.63) is 65.7 Å². The molecule has 5 heteroatoms. The third kappa shape index (κ3) is 2.59. The predicted molar refractivity (Wildman–Crippen MR) is 101 cm³/mol. The first kappa shape index (κ1) is 16.8. The molecule has 26 heavy (non-hydrogen) atoms. The number of para-hydroxylation sites is 1. The summed E-state index contributed by atoms with van der Waals surface area (Å²) in [6, 6.07) is 17.8. The van der Waals surface area contributed by atoms with E-state index in [1.54, 1.807) is 16.8 Å². The van der Waals surface area contributed by atoms with Gasteiger partial charge in [-0.15, -0.1) is 0 Å². The molecule has 1 atom stereocenters. The molecule has 0 bridgehead atoms. The van der Waals surface area contributed by atoms with Crippen molar-refractivity contribution in [2.24, 2.45) is 5.73 Å². The number of likely N-dealkylation sites (N-methyl/N-ethyl adjacent to an activating group) is 1. The zero-order valence-corrected chi connectivity index (χ0v) is 14.9. The number of rotatable bonds is 4. The second kappa shape index (κ2) is 6.25. The van der Waals surface area contributed by atoms with Crippen LogP contribution in [0, 0.1) is 0 Å². The summed E-state index contributed by atoms with van der Waals surface area (Å²) in [5.41, 5.74) is 7.85. The Labute approximate surface area is 153 Å². The molecule has 2 aliphatic rings. The zero-order valence-electron chi connectivity index (χ0n) is 14.9. The normalized spacial score (nSPS) is 22.3. The minimum Gasteiger partial charge on any atom is -0.339 e. The Morgan fingerprint density at radius 1 is 1.12 bits per heavy atom. The van der Waals surface area contributed by atoms with Gasteiger partial charge in [0.15, 0.2) is 0 Å². The molecule has 0 spiro atoms. The van der Waals surface area contributed by atoms with E-state index in [0.29, 0.717) is 19.5 Å². The zero-order chi connectivity index (χ0) is 18.3. The Bertz CT molecular complexity index is 845. The number of likely N-dealkylation sites (tertiary alicyclic amines) is 1. The van der Waals surface area contributed by atoms with Crippen LogP contribution in [0.15, 0.2) is 54.6 Å². The van der Waals surface area contributed by atoms with E-state index >= 15 is 0 Å². The number of amides is 2. The van der Waals surface area contributed by atoms with Gasteiger partial charge in [-0.05, 0) is 23.6 Å². The molecule has 2 heterocycles. The molecule has 0 saturated carbocycles. The smallest absolute Gasteiger partial charge is 0.238 e. The van der Waals surface area contributed by atoms with Crippen LogP contribution in [0.5, 0.6) is 0 Å². The summed E-state index contributed by atoms with van der Waals surface area (Å²) in [6.07, 6.45) is 0.689. The predicted octanol–water partition coefficient (Wildman–Crippen LogP) is 1.70. The molecule has 0 radical (unpaired) electrons. The van der Waals surface area contributed by atoms with Crippen LogP contribution in [0.25, 0.3) is 0 Å². The van der Waals surface area contributed by atoms with Gasteiger partial charge in [0.1, 0.15) is 0 Å². The van der Waals surface area contributed by atoms with Crippen LogP contribution < -0.4 is 10.6 Å². The number of anilines is 1. The maximum atomic E-state index is 13.3. The molecular weight excluding hydrogens is 326 g/mol. The standard InChI is InChI=1S/C21H23N3O2/c1-23-18-10-6-5-9-17(18)21(20(23)26,11-15-7-3-2-4-8-15)12-19(25)24-13-16(22)14-24/h2-10,16H,11-14,22H2,1H3/t21-/m1/s1. The van der Waals surface area contributed by atoms with Crippen molar-refractivity contribution in [1.82, 2.24) is 4.90 Å². The fourth-order valence-electron chi connectivity index (χ4n) is 4.15. The monoisotopic (exact) mass is 349 g/mol. The van der Waals surface area contributed by atoms with Gasteiger partial charge in [0.05, 0.1) is 5.41 Å². The molecule has 134 valence electrons. The second-order valence-corrected chi connectivity index (χ2v) is 7.36. The van der Waals surface area contributed by atoms with Crippen molar-refractivity contribution in [3.63, 3.8) is 0 Å². The Morgan fingerprint density at radius 3 is 2.46 bits per heavy atom. The molecule has 1 fully saturated rings. The fourth-order valence-corrected chi connectivity index (χ4v) is 4.15. The summed E-state index contributed by atoms with van der Waals surface area (Å²) in [4.78, 5) is 29.7. The molecule has 0 unspecified atom stereocenters. The summed E-state index contributed by atoms with van der Waals surface area (Å²) < 4.78 is 0. The second-order valence-electron chi connectivity index (χ2n) is 7.36. The van der Waals surface area contributed by atoms with Crippen LogP contribution in [0.4, 0.5) is 5.69 Å². The Morgan fingerprint density at radius 2 is 1.77 bits per heavy atom. The lowest BCUT2D eigenvalue weighted by molar-refractivity contribution is -0.139. The van der Waals surface area contributed by atoms with Gasteiger partial charge >= 0.3 is 0 Å². The van der Waals surface area contributed by atoms with Crippen LogP contribution in [-0.4, -0.2) is 42.9 Å². The third-order valence-corrected chi connectivity index (χ3v) is 5.56. The van der Waals surface area contributed by atoms with Crippen LogP contribution in [-0.2, 0) is 21.4 Å². The average molecular weight is 349 g/mol. The minimum absolute atomic E-state index is 0.00100. The van der Waals surface area contributed by atoms with Gasteiger partial charge in [0.2, 0.25) is 11.8 Å². The van der Waals surface area contributed by atoms with E-state index in [9.17, 15) is 9.59 Å². The van der Waals surface area contributed by atoms with E-state index in [2.05, 4.69) is 0 Å². The highest BCUT2D eigenvalue weighted by Gasteiger charge is 2.51. The van der Waals surface area contributed by atoms with E-state index in [0.717, 1.165) is 16.8 Å². The Kier molecular flexibility index (Phi) is 4.04. The topological polar surface area (TPSA) is 66.6 Å². The van der Waals surface area contributed by atoms with Gasteiger partial charge in [-0.25, -0.2) is 0 Å². The summed E-state index contributed by atoms with van der Waals surface area (Å²) in [5, 5.41) is 0. The van der Waals surface area contributed by atoms with E-state index in [4.69, 9.17) is 5.73 Å². The van der Waals surface area contributed by atoms with Crippen LogP contribution in [0.3, 0.4) is 0 Å². The highest BCUT2D eigenvalue weighted by Crippen LogP contribution is 2.45. The molecule has 0 aliphatic carbocycles. The first-order valence-electron chi connectivity index (χ1n) is 8.96. The van der Waals surface area contributed by atoms with E-state index in [-0.39, 0.29) is 24.3 Å². The minimum atomic E-state index is -0.858. The maximum absolute atomic E-state index is 13.3. The van der Waals surface area contributed by atoms with Gasteiger partial charge in [0.25, 0.3) is 0 Å². The Hall–Kier alpha value is -2.66. The molecule has 4 rings (SSSR count). The molecule has 2 aromatic carbocycles. The number of benzene rings is 2. The van der Waals surface area contributed by atoms with E-state index in [1.807, 2.05) is 54.6 Å². The molecule has 2 aromatic rings. The highest BCUT2D eigenvalue weighted by atomic mass is 16.2. The van der Waals surface area contributed by atoms with Gasteiger partial charge in [-0.2, -0.15) is 0 Å². The lowest BCUT2D eigenvalue weighted by Gasteiger charge is -2.39. The molecule has 2 N–H and O–H groups in total. The van der Waals surface area contributed by atoms with Crippen molar-refractivity contribution < 1.29 is 9.59 Å². The van der Waals surface area contributed by atoms with Gasteiger partial charge in [-0.3, -0.25) is 9.59 Å². The van der Waals surface area contributed by atoms with Gasteiger partial charge in [0, 0.05) is 38.3 Å². The number of fused-ring (bicyclic) bond motifs is 1. The quantitative estimate of drug-likeness (QED) is 0.914. The fraction of sp³-hybridized carbons (Fsp3) is 0.333. The SMILES string of the molecule is CN1C(=O)[C@@](CC(=O)N2CC(N)C2)(Cc2ccccc2)c2ccccc21. The largest absolute Gasteiger partial charge is 0.339 e. The first-order valence-corrected chi connectivity index (χ1v) is 8.96. The number of hydrogen-bond donors (Lipinski definition) is 1. The van der Waals surface area contributed by atoms with Gasteiger partial charge in [-0.1, -0.05) is 48.5 Å². The molecule has 5 nitrogen and oxygen atoms in total. The number of hydrogen-bond acceptors (Lipinski definition) is 3. The number of carbonyl (C=O) groups is 2. The van der Waals surface area contributed by atoms with E-state index in [1.165, 1.54) is 0 Å². The number of nitrogens with two attached hydrogens (primary N) is 1. The number of carbonyl (C=O) groups excluding carboxylic acids is 2. The molecule has 2 aliphatic heterocycles.